The summed E-state index contributed by atoms with van der Waals surface area (Å²) in [6.45, 7) is 6.71. The lowest BCUT2D eigenvalue weighted by molar-refractivity contribution is -0.133. The van der Waals surface area contributed by atoms with Crippen LogP contribution < -0.4 is 10.1 Å². The number of nitrogens with one attached hydrogen (secondary N) is 1. The van der Waals surface area contributed by atoms with E-state index in [1.165, 1.54) is 0 Å². The maximum atomic E-state index is 13.7. The first-order valence-electron chi connectivity index (χ1n) is 13.0. The zero-order chi connectivity index (χ0) is 26.0. The number of carbonyl (C=O) groups excluding carboxylic acids is 2. The monoisotopic (exact) mass is 507 g/mol. The molecule has 0 spiro atoms. The van der Waals surface area contributed by atoms with Gasteiger partial charge in [-0.05, 0) is 24.1 Å². The first kappa shape index (κ1) is 26.6. The Labute approximate surface area is 219 Å². The van der Waals surface area contributed by atoms with Gasteiger partial charge >= 0.3 is 6.03 Å². The molecule has 2 heterocycles. The molecule has 9 heteroatoms. The smallest absolute Gasteiger partial charge is 0.317 e. The molecule has 0 unspecified atom stereocenters. The van der Waals surface area contributed by atoms with E-state index in [9.17, 15) is 9.59 Å². The molecule has 0 aromatic heterocycles. The zero-order valence-corrected chi connectivity index (χ0v) is 21.8. The molecule has 2 aliphatic rings. The Kier molecular flexibility index (Phi) is 9.51. The Morgan fingerprint density at radius 3 is 2.65 bits per heavy atom. The minimum absolute atomic E-state index is 0.0435. The molecule has 9 nitrogen and oxygen atoms in total. The highest BCUT2D eigenvalue weighted by atomic mass is 16.5. The topological polar surface area (TPSA) is 86.7 Å². The van der Waals surface area contributed by atoms with Crippen LogP contribution in [0.15, 0.2) is 59.7 Å². The van der Waals surface area contributed by atoms with Gasteiger partial charge in [-0.15, -0.1) is 0 Å². The fraction of sp³-hybridized carbons (Fsp3) is 0.464. The molecule has 0 radical (unpaired) electrons. The molecule has 198 valence electrons. The van der Waals surface area contributed by atoms with Gasteiger partial charge in [0.1, 0.15) is 12.3 Å². The second-order valence-corrected chi connectivity index (χ2v) is 9.26. The Morgan fingerprint density at radius 2 is 1.92 bits per heavy atom. The van der Waals surface area contributed by atoms with E-state index in [1.807, 2.05) is 61.5 Å². The van der Waals surface area contributed by atoms with Crippen LogP contribution in [0, 0.1) is 0 Å². The Bertz CT molecular complexity index is 1070. The summed E-state index contributed by atoms with van der Waals surface area (Å²) in [7, 11) is 1.63. The Morgan fingerprint density at radius 1 is 1.14 bits per heavy atom. The number of amides is 3. The van der Waals surface area contributed by atoms with Crippen LogP contribution in [0.5, 0.6) is 5.75 Å². The average molecular weight is 508 g/mol. The summed E-state index contributed by atoms with van der Waals surface area (Å²) < 4.78 is 10.8. The highest BCUT2D eigenvalue weighted by molar-refractivity contribution is 6.03. The van der Waals surface area contributed by atoms with E-state index in [0.717, 1.165) is 42.1 Å². The standard InChI is InChI=1S/C28H37N5O4/c1-3-12-29-28(35)32(14-13-31-15-17-37-18-16-31)21-27(34)33-26(22-8-5-4-6-9-22)20-25(30-33)23-10-7-11-24(19-23)36-2/h4-11,19,26H,3,12-18,20-21H2,1-2H3,(H,29,35)/t26-/m1/s1. The van der Waals surface area contributed by atoms with Crippen LogP contribution in [-0.4, -0.2) is 92.1 Å². The van der Waals surface area contributed by atoms with E-state index in [4.69, 9.17) is 14.6 Å². The predicted molar refractivity (Wildman–Crippen MR) is 143 cm³/mol. The van der Waals surface area contributed by atoms with Crippen molar-refractivity contribution in [3.05, 3.63) is 65.7 Å². The molecule has 0 saturated carbocycles. The fourth-order valence-corrected chi connectivity index (χ4v) is 4.57. The number of urea groups is 1. The Hall–Kier alpha value is -3.43. The Balaban J connectivity index is 1.54. The predicted octanol–water partition coefficient (Wildman–Crippen LogP) is 3.13. The van der Waals surface area contributed by atoms with Gasteiger partial charge in [0.2, 0.25) is 0 Å². The van der Waals surface area contributed by atoms with Crippen LogP contribution in [0.25, 0.3) is 0 Å². The fourth-order valence-electron chi connectivity index (χ4n) is 4.57. The minimum Gasteiger partial charge on any atom is -0.497 e. The van der Waals surface area contributed by atoms with Crippen molar-refractivity contribution in [2.24, 2.45) is 5.10 Å². The van der Waals surface area contributed by atoms with Crippen molar-refractivity contribution in [1.29, 1.82) is 0 Å². The van der Waals surface area contributed by atoms with E-state index >= 15 is 0 Å². The summed E-state index contributed by atoms with van der Waals surface area (Å²) in [4.78, 5) is 30.6. The normalized spacial score (nSPS) is 17.8. The van der Waals surface area contributed by atoms with Crippen LogP contribution in [0.4, 0.5) is 4.79 Å². The van der Waals surface area contributed by atoms with Gasteiger partial charge in [0.15, 0.2) is 0 Å². The summed E-state index contributed by atoms with van der Waals surface area (Å²) in [5, 5.41) is 9.26. The number of ether oxygens (including phenoxy) is 2. The number of benzene rings is 2. The van der Waals surface area contributed by atoms with E-state index in [2.05, 4.69) is 10.2 Å². The summed E-state index contributed by atoms with van der Waals surface area (Å²) in [6, 6.07) is 17.2. The maximum absolute atomic E-state index is 13.7. The van der Waals surface area contributed by atoms with Crippen LogP contribution in [0.2, 0.25) is 0 Å². The molecule has 1 saturated heterocycles. The van der Waals surface area contributed by atoms with E-state index < -0.39 is 0 Å². The lowest BCUT2D eigenvalue weighted by Crippen LogP contribution is -2.49. The number of morpholine rings is 1. The largest absolute Gasteiger partial charge is 0.497 e. The van der Waals surface area contributed by atoms with Crippen molar-refractivity contribution in [3.8, 4) is 5.75 Å². The molecule has 1 N–H and O–H groups in total. The first-order valence-corrected chi connectivity index (χ1v) is 13.0. The zero-order valence-electron chi connectivity index (χ0n) is 21.8. The molecular formula is C28H37N5O4. The van der Waals surface area contributed by atoms with Gasteiger partial charge in [-0.3, -0.25) is 9.69 Å². The van der Waals surface area contributed by atoms with Gasteiger partial charge in [-0.2, -0.15) is 5.10 Å². The number of hydrogen-bond acceptors (Lipinski definition) is 6. The molecule has 37 heavy (non-hydrogen) atoms. The van der Waals surface area contributed by atoms with Crippen LogP contribution in [-0.2, 0) is 9.53 Å². The van der Waals surface area contributed by atoms with Gasteiger partial charge in [0, 0.05) is 44.7 Å². The van der Waals surface area contributed by atoms with Crippen molar-refractivity contribution in [2.45, 2.75) is 25.8 Å². The lowest BCUT2D eigenvalue weighted by atomic mass is 9.98. The van der Waals surface area contributed by atoms with Crippen molar-refractivity contribution in [2.75, 3.05) is 59.6 Å². The number of rotatable bonds is 10. The molecule has 2 aliphatic heterocycles. The molecule has 0 aliphatic carbocycles. The minimum atomic E-state index is -0.241. The summed E-state index contributed by atoms with van der Waals surface area (Å²) in [5.74, 6) is 0.531. The summed E-state index contributed by atoms with van der Waals surface area (Å²) in [6.07, 6.45) is 1.41. The highest BCUT2D eigenvalue weighted by Crippen LogP contribution is 2.33. The average Bonchev–Trinajstić information content (AvgIpc) is 3.41. The number of nitrogens with zero attached hydrogens (tertiary/aromatic N) is 4. The van der Waals surface area contributed by atoms with Gasteiger partial charge in [-0.1, -0.05) is 49.4 Å². The third-order valence-electron chi connectivity index (χ3n) is 6.68. The molecule has 2 aromatic carbocycles. The van der Waals surface area contributed by atoms with E-state index in [1.54, 1.807) is 17.0 Å². The third-order valence-corrected chi connectivity index (χ3v) is 6.68. The van der Waals surface area contributed by atoms with Crippen LogP contribution in [0.1, 0.15) is 36.9 Å². The summed E-state index contributed by atoms with van der Waals surface area (Å²) in [5.41, 5.74) is 2.74. The van der Waals surface area contributed by atoms with Crippen molar-refractivity contribution >= 4 is 17.6 Å². The van der Waals surface area contributed by atoms with Crippen molar-refractivity contribution < 1.29 is 19.1 Å². The lowest BCUT2D eigenvalue weighted by Gasteiger charge is -2.31. The van der Waals surface area contributed by atoms with Crippen molar-refractivity contribution in [1.82, 2.24) is 20.1 Å². The molecular weight excluding hydrogens is 470 g/mol. The molecule has 2 aromatic rings. The third kappa shape index (κ3) is 7.08. The maximum Gasteiger partial charge on any atom is 0.317 e. The number of methoxy groups -OCH3 is 1. The van der Waals surface area contributed by atoms with Crippen LogP contribution in [0.3, 0.4) is 0 Å². The number of hydrazone groups is 1. The number of carbonyl (C=O) groups is 2. The van der Waals surface area contributed by atoms with E-state index in [-0.39, 0.29) is 24.5 Å². The van der Waals surface area contributed by atoms with E-state index in [0.29, 0.717) is 39.3 Å². The number of hydrogen-bond donors (Lipinski definition) is 1. The van der Waals surface area contributed by atoms with Gasteiger partial charge in [0.05, 0.1) is 32.1 Å². The first-order chi connectivity index (χ1) is 18.1. The van der Waals surface area contributed by atoms with Gasteiger partial charge in [0.25, 0.3) is 5.91 Å². The second-order valence-electron chi connectivity index (χ2n) is 9.26. The molecule has 4 rings (SSSR count). The highest BCUT2D eigenvalue weighted by Gasteiger charge is 2.34. The molecule has 1 fully saturated rings. The van der Waals surface area contributed by atoms with Crippen molar-refractivity contribution in [3.63, 3.8) is 0 Å². The SMILES string of the molecule is CCCNC(=O)N(CCN1CCOCC1)CC(=O)N1N=C(c2cccc(OC)c2)C[C@@H]1c1ccccc1. The second kappa shape index (κ2) is 13.2. The quantitative estimate of drug-likeness (QED) is 0.534. The van der Waals surface area contributed by atoms with Crippen LogP contribution >= 0.6 is 0 Å². The van der Waals surface area contributed by atoms with Gasteiger partial charge in [-0.25, -0.2) is 9.80 Å². The molecule has 3 amide bonds. The van der Waals surface area contributed by atoms with Gasteiger partial charge < -0.3 is 19.7 Å². The summed E-state index contributed by atoms with van der Waals surface area (Å²) >= 11 is 0. The molecule has 1 atom stereocenters. The molecule has 0 bridgehead atoms.